The van der Waals surface area contributed by atoms with E-state index in [1.54, 1.807) is 30.1 Å². The predicted molar refractivity (Wildman–Crippen MR) is 146 cm³/mol. The van der Waals surface area contributed by atoms with Gasteiger partial charge in [-0.25, -0.2) is 4.98 Å². The Morgan fingerprint density at radius 1 is 0.973 bits per heavy atom. The van der Waals surface area contributed by atoms with E-state index >= 15 is 0 Å². The summed E-state index contributed by atoms with van der Waals surface area (Å²) in [6, 6.07) is 25.8. The lowest BCUT2D eigenvalue weighted by molar-refractivity contribution is 0.0734. The van der Waals surface area contributed by atoms with E-state index in [1.807, 2.05) is 35.2 Å². The maximum absolute atomic E-state index is 13.5. The van der Waals surface area contributed by atoms with E-state index < -0.39 is 0 Å². The Bertz CT molecular complexity index is 1660. The molecule has 0 N–H and O–H groups in total. The molecule has 3 heterocycles. The number of hydrogen-bond acceptors (Lipinski definition) is 5. The molecule has 184 valence electrons. The Hall–Kier alpha value is -4.23. The van der Waals surface area contributed by atoms with Gasteiger partial charge in [0.15, 0.2) is 0 Å². The fraction of sp³-hybridized carbons (Fsp3) is 0.167. The molecule has 0 fully saturated rings. The molecule has 0 aliphatic carbocycles. The standard InChI is InChI=1S/C30H25N3O3S/c1-36-25-10-6-5-9-23(25)29(34)32-16-15-24-26(18-32)37-28-27(24)30(35)33(19-31-28)17-20-11-13-22(14-12-20)21-7-3-2-4-8-21/h2-14,19H,15-18H2,1H3. The maximum Gasteiger partial charge on any atom is 0.262 e. The summed E-state index contributed by atoms with van der Waals surface area (Å²) in [6.45, 7) is 1.47. The topological polar surface area (TPSA) is 64.4 Å². The van der Waals surface area contributed by atoms with Crippen molar-refractivity contribution in [2.75, 3.05) is 13.7 Å². The number of nitrogens with zero attached hydrogens (tertiary/aromatic N) is 3. The molecule has 1 aliphatic heterocycles. The van der Waals surface area contributed by atoms with Crippen LogP contribution in [0.4, 0.5) is 0 Å². The van der Waals surface area contributed by atoms with Gasteiger partial charge in [-0.1, -0.05) is 66.7 Å². The highest BCUT2D eigenvalue weighted by atomic mass is 32.1. The molecule has 0 bridgehead atoms. The van der Waals surface area contributed by atoms with Gasteiger partial charge in [-0.3, -0.25) is 14.2 Å². The fourth-order valence-electron chi connectivity index (χ4n) is 4.93. The van der Waals surface area contributed by atoms with Crippen molar-refractivity contribution in [3.8, 4) is 16.9 Å². The van der Waals surface area contributed by atoms with Crippen LogP contribution in [0.15, 0.2) is 90.0 Å². The quantitative estimate of drug-likeness (QED) is 0.320. The molecule has 0 spiro atoms. The van der Waals surface area contributed by atoms with Crippen LogP contribution in [0.1, 0.15) is 26.4 Å². The lowest BCUT2D eigenvalue weighted by Gasteiger charge is -2.27. The summed E-state index contributed by atoms with van der Waals surface area (Å²) in [5.41, 5.74) is 4.89. The van der Waals surface area contributed by atoms with Crippen LogP contribution in [-0.4, -0.2) is 34.0 Å². The van der Waals surface area contributed by atoms with Crippen molar-refractivity contribution in [1.29, 1.82) is 0 Å². The Balaban J connectivity index is 1.26. The first kappa shape index (κ1) is 23.2. The van der Waals surface area contributed by atoms with Crippen molar-refractivity contribution in [2.24, 2.45) is 0 Å². The van der Waals surface area contributed by atoms with Crippen molar-refractivity contribution in [3.05, 3.63) is 117 Å². The van der Waals surface area contributed by atoms with E-state index in [9.17, 15) is 9.59 Å². The van der Waals surface area contributed by atoms with Crippen molar-refractivity contribution in [2.45, 2.75) is 19.5 Å². The number of para-hydroxylation sites is 1. The third kappa shape index (κ3) is 4.32. The van der Waals surface area contributed by atoms with E-state index in [0.29, 0.717) is 42.8 Å². The van der Waals surface area contributed by atoms with Crippen LogP contribution in [0, 0.1) is 0 Å². The minimum atomic E-state index is -0.0649. The maximum atomic E-state index is 13.5. The molecule has 5 aromatic rings. The largest absolute Gasteiger partial charge is 0.496 e. The summed E-state index contributed by atoms with van der Waals surface area (Å²) in [4.78, 5) is 34.9. The second-order valence-corrected chi connectivity index (χ2v) is 10.2. The number of amides is 1. The third-order valence-electron chi connectivity index (χ3n) is 6.87. The molecular formula is C30H25N3O3S. The highest BCUT2D eigenvalue weighted by Gasteiger charge is 2.28. The number of rotatable bonds is 5. The lowest BCUT2D eigenvalue weighted by Crippen LogP contribution is -2.35. The molecule has 1 amide bonds. The average molecular weight is 508 g/mol. The summed E-state index contributed by atoms with van der Waals surface area (Å²) in [5.74, 6) is 0.501. The lowest BCUT2D eigenvalue weighted by atomic mass is 10.0. The van der Waals surface area contributed by atoms with E-state index in [4.69, 9.17) is 4.74 Å². The Morgan fingerprint density at radius 3 is 2.49 bits per heavy atom. The summed E-state index contributed by atoms with van der Waals surface area (Å²) in [6.07, 6.45) is 2.26. The summed E-state index contributed by atoms with van der Waals surface area (Å²) in [5, 5.41) is 0.688. The first-order valence-corrected chi connectivity index (χ1v) is 13.0. The summed E-state index contributed by atoms with van der Waals surface area (Å²) < 4.78 is 7.06. The van der Waals surface area contributed by atoms with Gasteiger partial charge in [0.25, 0.3) is 11.5 Å². The number of benzene rings is 3. The fourth-order valence-corrected chi connectivity index (χ4v) is 6.12. The van der Waals surface area contributed by atoms with E-state index in [0.717, 1.165) is 32.0 Å². The zero-order chi connectivity index (χ0) is 25.4. The summed E-state index contributed by atoms with van der Waals surface area (Å²) >= 11 is 1.51. The second-order valence-electron chi connectivity index (χ2n) is 9.10. The van der Waals surface area contributed by atoms with Gasteiger partial charge in [-0.05, 0) is 40.8 Å². The van der Waals surface area contributed by atoms with Crippen molar-refractivity contribution >= 4 is 27.5 Å². The molecule has 0 radical (unpaired) electrons. The van der Waals surface area contributed by atoms with Gasteiger partial charge in [-0.15, -0.1) is 11.3 Å². The van der Waals surface area contributed by atoms with Gasteiger partial charge in [-0.2, -0.15) is 0 Å². The van der Waals surface area contributed by atoms with Crippen LogP contribution in [0.3, 0.4) is 0 Å². The van der Waals surface area contributed by atoms with Crippen molar-refractivity contribution in [1.82, 2.24) is 14.5 Å². The van der Waals surface area contributed by atoms with Gasteiger partial charge in [0.1, 0.15) is 10.6 Å². The Morgan fingerprint density at radius 2 is 1.70 bits per heavy atom. The highest BCUT2D eigenvalue weighted by molar-refractivity contribution is 7.18. The zero-order valence-corrected chi connectivity index (χ0v) is 21.2. The molecule has 7 heteroatoms. The number of carbonyl (C=O) groups is 1. The number of hydrogen-bond donors (Lipinski definition) is 0. The normalized spacial score (nSPS) is 12.9. The zero-order valence-electron chi connectivity index (χ0n) is 20.4. The number of thiophene rings is 1. The van der Waals surface area contributed by atoms with E-state index in [2.05, 4.69) is 41.4 Å². The van der Waals surface area contributed by atoms with Crippen LogP contribution in [0.25, 0.3) is 21.3 Å². The smallest absolute Gasteiger partial charge is 0.262 e. The molecule has 3 aromatic carbocycles. The van der Waals surface area contributed by atoms with E-state index in [1.165, 1.54) is 11.3 Å². The predicted octanol–water partition coefficient (Wildman–Crippen LogP) is 5.38. The third-order valence-corrected chi connectivity index (χ3v) is 7.99. The van der Waals surface area contributed by atoms with Crippen LogP contribution in [-0.2, 0) is 19.5 Å². The van der Waals surface area contributed by atoms with Crippen molar-refractivity contribution < 1.29 is 9.53 Å². The van der Waals surface area contributed by atoms with Crippen LogP contribution in [0.2, 0.25) is 0 Å². The number of carbonyl (C=O) groups excluding carboxylic acids is 1. The molecule has 6 rings (SSSR count). The van der Waals surface area contributed by atoms with Crippen molar-refractivity contribution in [3.63, 3.8) is 0 Å². The average Bonchev–Trinajstić information content (AvgIpc) is 3.33. The number of ether oxygens (including phenoxy) is 1. The van der Waals surface area contributed by atoms with Gasteiger partial charge < -0.3 is 9.64 Å². The molecule has 0 unspecified atom stereocenters. The summed E-state index contributed by atoms with van der Waals surface area (Å²) in [7, 11) is 1.57. The molecular weight excluding hydrogens is 482 g/mol. The molecule has 0 atom stereocenters. The molecule has 2 aromatic heterocycles. The number of aromatic nitrogens is 2. The monoisotopic (exact) mass is 507 g/mol. The molecule has 1 aliphatic rings. The Kier molecular flexibility index (Phi) is 6.06. The number of fused-ring (bicyclic) bond motifs is 3. The molecule has 37 heavy (non-hydrogen) atoms. The first-order valence-electron chi connectivity index (χ1n) is 12.2. The minimum Gasteiger partial charge on any atom is -0.496 e. The minimum absolute atomic E-state index is 0.0286. The van der Waals surface area contributed by atoms with Crippen LogP contribution < -0.4 is 10.3 Å². The van der Waals surface area contributed by atoms with Gasteiger partial charge in [0.05, 0.1) is 37.5 Å². The van der Waals surface area contributed by atoms with Gasteiger partial charge >= 0.3 is 0 Å². The van der Waals surface area contributed by atoms with Crippen LogP contribution in [0.5, 0.6) is 5.75 Å². The SMILES string of the molecule is COc1ccccc1C(=O)N1CCc2c(sc3ncn(Cc4ccc(-c5ccccc5)cc4)c(=O)c23)C1. The van der Waals surface area contributed by atoms with Crippen LogP contribution >= 0.6 is 11.3 Å². The first-order chi connectivity index (χ1) is 18.1. The molecule has 0 saturated heterocycles. The highest BCUT2D eigenvalue weighted by Crippen LogP contribution is 2.33. The van der Waals surface area contributed by atoms with Gasteiger partial charge in [0, 0.05) is 11.4 Å². The molecule has 0 saturated carbocycles. The number of methoxy groups -OCH3 is 1. The van der Waals surface area contributed by atoms with Gasteiger partial charge in [0.2, 0.25) is 0 Å². The molecule has 6 nitrogen and oxygen atoms in total. The second kappa shape index (κ2) is 9.67. The van der Waals surface area contributed by atoms with E-state index in [-0.39, 0.29) is 11.5 Å². The Labute approximate surface area is 218 Å².